The van der Waals surface area contributed by atoms with Crippen molar-refractivity contribution >= 4 is 34.0 Å². The maximum absolute atomic E-state index is 12.7. The summed E-state index contributed by atoms with van der Waals surface area (Å²) in [6.45, 7) is 8.36. The van der Waals surface area contributed by atoms with Gasteiger partial charge in [0.1, 0.15) is 0 Å². The van der Waals surface area contributed by atoms with Crippen LogP contribution in [-0.2, 0) is 22.4 Å². The van der Waals surface area contributed by atoms with E-state index in [4.69, 9.17) is 0 Å². The molecule has 132 valence electrons. The van der Waals surface area contributed by atoms with Crippen molar-refractivity contribution in [3.05, 3.63) is 40.4 Å². The number of nitrogens with zero attached hydrogens (tertiary/aromatic N) is 2. The summed E-state index contributed by atoms with van der Waals surface area (Å²) in [6, 6.07) is 6.07. The Balaban J connectivity index is 1.68. The van der Waals surface area contributed by atoms with Gasteiger partial charge < -0.3 is 10.2 Å². The number of hydrogen-bond donors (Lipinski definition) is 1. The standard InChI is InChI=1S/C19H23N3O2S/c1-12-6-5-7-15-14(12)8-9-22(15)16(23)10-13-11-25-18(20-13)21-17(24)19(2,3)4/h5-7,11H,8-10H2,1-4H3,(H,20,21,24). The van der Waals surface area contributed by atoms with E-state index in [1.807, 2.05) is 43.2 Å². The van der Waals surface area contributed by atoms with Gasteiger partial charge in [-0.2, -0.15) is 0 Å². The summed E-state index contributed by atoms with van der Waals surface area (Å²) >= 11 is 1.35. The molecule has 6 heteroatoms. The zero-order valence-corrected chi connectivity index (χ0v) is 15.9. The zero-order chi connectivity index (χ0) is 18.2. The van der Waals surface area contributed by atoms with Gasteiger partial charge in [0.05, 0.1) is 12.1 Å². The van der Waals surface area contributed by atoms with Crippen LogP contribution in [-0.4, -0.2) is 23.3 Å². The number of hydrogen-bond acceptors (Lipinski definition) is 4. The van der Waals surface area contributed by atoms with Crippen molar-refractivity contribution in [3.8, 4) is 0 Å². The molecule has 0 fully saturated rings. The van der Waals surface area contributed by atoms with Gasteiger partial charge in [-0.3, -0.25) is 9.59 Å². The Morgan fingerprint density at radius 1 is 1.32 bits per heavy atom. The second-order valence-corrected chi connectivity index (χ2v) is 8.25. The third-order valence-electron chi connectivity index (χ3n) is 4.35. The number of amides is 2. The molecule has 2 aromatic rings. The second-order valence-electron chi connectivity index (χ2n) is 7.39. The van der Waals surface area contributed by atoms with Crippen LogP contribution in [0, 0.1) is 12.3 Å². The quantitative estimate of drug-likeness (QED) is 0.913. The molecule has 0 bridgehead atoms. The highest BCUT2D eigenvalue weighted by Crippen LogP contribution is 2.31. The number of benzene rings is 1. The number of anilines is 2. The number of carbonyl (C=O) groups excluding carboxylic acids is 2. The minimum absolute atomic E-state index is 0.0448. The zero-order valence-electron chi connectivity index (χ0n) is 15.0. The molecule has 1 aliphatic heterocycles. The SMILES string of the molecule is Cc1cccc2c1CCN2C(=O)Cc1csc(NC(=O)C(C)(C)C)n1. The van der Waals surface area contributed by atoms with E-state index >= 15 is 0 Å². The van der Waals surface area contributed by atoms with Crippen molar-refractivity contribution in [2.75, 3.05) is 16.8 Å². The molecule has 1 aromatic heterocycles. The van der Waals surface area contributed by atoms with Crippen molar-refractivity contribution in [3.63, 3.8) is 0 Å². The molecule has 0 saturated heterocycles. The fraction of sp³-hybridized carbons (Fsp3) is 0.421. The molecule has 1 aliphatic rings. The molecule has 3 rings (SSSR count). The molecule has 0 unspecified atom stereocenters. The molecule has 2 heterocycles. The predicted octanol–water partition coefficient (Wildman–Crippen LogP) is 3.57. The van der Waals surface area contributed by atoms with Crippen molar-refractivity contribution in [1.82, 2.24) is 4.98 Å². The molecule has 0 aliphatic carbocycles. The maximum atomic E-state index is 12.7. The number of rotatable bonds is 3. The molecule has 25 heavy (non-hydrogen) atoms. The molecule has 5 nitrogen and oxygen atoms in total. The van der Waals surface area contributed by atoms with Gasteiger partial charge in [-0.05, 0) is 30.5 Å². The molecule has 0 saturated carbocycles. The Kier molecular flexibility index (Phi) is 4.64. The lowest BCUT2D eigenvalue weighted by molar-refractivity contribution is -0.123. The van der Waals surface area contributed by atoms with Crippen molar-refractivity contribution in [2.45, 2.75) is 40.5 Å². The van der Waals surface area contributed by atoms with Crippen LogP contribution in [0.5, 0.6) is 0 Å². The van der Waals surface area contributed by atoms with Crippen LogP contribution in [0.15, 0.2) is 23.6 Å². The van der Waals surface area contributed by atoms with E-state index in [0.717, 1.165) is 18.7 Å². The van der Waals surface area contributed by atoms with E-state index in [2.05, 4.69) is 23.3 Å². The third-order valence-corrected chi connectivity index (χ3v) is 5.16. The maximum Gasteiger partial charge on any atom is 0.233 e. The van der Waals surface area contributed by atoms with E-state index in [-0.39, 0.29) is 18.2 Å². The molecule has 1 aromatic carbocycles. The van der Waals surface area contributed by atoms with Crippen LogP contribution in [0.2, 0.25) is 0 Å². The van der Waals surface area contributed by atoms with E-state index in [1.165, 1.54) is 22.5 Å². The summed E-state index contributed by atoms with van der Waals surface area (Å²) < 4.78 is 0. The van der Waals surface area contributed by atoms with Crippen LogP contribution < -0.4 is 10.2 Å². The smallest absolute Gasteiger partial charge is 0.233 e. The summed E-state index contributed by atoms with van der Waals surface area (Å²) in [5.74, 6) is -0.0352. The Labute approximate surface area is 152 Å². The van der Waals surface area contributed by atoms with Crippen LogP contribution in [0.3, 0.4) is 0 Å². The van der Waals surface area contributed by atoms with Gasteiger partial charge in [-0.25, -0.2) is 4.98 Å². The Bertz CT molecular complexity index is 820. The van der Waals surface area contributed by atoms with Gasteiger partial charge in [0.25, 0.3) is 0 Å². The normalized spacial score (nSPS) is 13.7. The highest BCUT2D eigenvalue weighted by Gasteiger charge is 2.26. The highest BCUT2D eigenvalue weighted by molar-refractivity contribution is 7.13. The topological polar surface area (TPSA) is 62.3 Å². The molecule has 2 amide bonds. The summed E-state index contributed by atoms with van der Waals surface area (Å²) in [7, 11) is 0. The predicted molar refractivity (Wildman–Crippen MR) is 101 cm³/mol. The number of carbonyl (C=O) groups is 2. The number of aromatic nitrogens is 1. The first-order chi connectivity index (χ1) is 11.8. The van der Waals surface area contributed by atoms with E-state index < -0.39 is 5.41 Å². The van der Waals surface area contributed by atoms with Crippen LogP contribution in [0.25, 0.3) is 0 Å². The first kappa shape index (κ1) is 17.6. The molecular formula is C19H23N3O2S. The van der Waals surface area contributed by atoms with Gasteiger partial charge in [0, 0.05) is 23.0 Å². The number of aryl methyl sites for hydroxylation is 1. The van der Waals surface area contributed by atoms with E-state index in [1.54, 1.807) is 0 Å². The third kappa shape index (κ3) is 3.74. The van der Waals surface area contributed by atoms with Gasteiger partial charge in [0.15, 0.2) is 5.13 Å². The van der Waals surface area contributed by atoms with Gasteiger partial charge in [0.2, 0.25) is 11.8 Å². The lowest BCUT2D eigenvalue weighted by Gasteiger charge is -2.17. The van der Waals surface area contributed by atoms with Crippen LogP contribution in [0.4, 0.5) is 10.8 Å². The van der Waals surface area contributed by atoms with Crippen LogP contribution >= 0.6 is 11.3 Å². The lowest BCUT2D eigenvalue weighted by atomic mass is 9.96. The first-order valence-corrected chi connectivity index (χ1v) is 9.28. The van der Waals surface area contributed by atoms with E-state index in [9.17, 15) is 9.59 Å². The first-order valence-electron chi connectivity index (χ1n) is 8.40. The molecule has 0 atom stereocenters. The van der Waals surface area contributed by atoms with E-state index in [0.29, 0.717) is 10.8 Å². The molecular weight excluding hydrogens is 334 g/mol. The monoisotopic (exact) mass is 357 g/mol. The summed E-state index contributed by atoms with van der Waals surface area (Å²) in [6.07, 6.45) is 1.15. The van der Waals surface area contributed by atoms with Gasteiger partial charge in [-0.15, -0.1) is 11.3 Å². The summed E-state index contributed by atoms with van der Waals surface area (Å²) in [4.78, 5) is 30.9. The molecule has 0 spiro atoms. The average molecular weight is 357 g/mol. The summed E-state index contributed by atoms with van der Waals surface area (Å²) in [5, 5.41) is 5.19. The minimum atomic E-state index is -0.473. The Morgan fingerprint density at radius 2 is 2.08 bits per heavy atom. The van der Waals surface area contributed by atoms with Crippen molar-refractivity contribution < 1.29 is 9.59 Å². The Hall–Kier alpha value is -2.21. The minimum Gasteiger partial charge on any atom is -0.311 e. The largest absolute Gasteiger partial charge is 0.311 e. The number of nitrogens with one attached hydrogen (secondary N) is 1. The second kappa shape index (κ2) is 6.59. The number of thiazole rings is 1. The van der Waals surface area contributed by atoms with Crippen LogP contribution in [0.1, 0.15) is 37.6 Å². The van der Waals surface area contributed by atoms with Crippen molar-refractivity contribution in [1.29, 1.82) is 0 Å². The Morgan fingerprint density at radius 3 is 2.80 bits per heavy atom. The average Bonchev–Trinajstić information content (AvgIpc) is 3.14. The lowest BCUT2D eigenvalue weighted by Crippen LogP contribution is -2.30. The van der Waals surface area contributed by atoms with Crippen molar-refractivity contribution in [2.24, 2.45) is 5.41 Å². The molecule has 1 N–H and O–H groups in total. The highest BCUT2D eigenvalue weighted by atomic mass is 32.1. The fourth-order valence-electron chi connectivity index (χ4n) is 2.85. The van der Waals surface area contributed by atoms with Gasteiger partial charge in [-0.1, -0.05) is 32.9 Å². The summed E-state index contributed by atoms with van der Waals surface area (Å²) in [5.41, 5.74) is 3.72. The molecule has 0 radical (unpaired) electrons. The fourth-order valence-corrected chi connectivity index (χ4v) is 3.55. The number of fused-ring (bicyclic) bond motifs is 1. The van der Waals surface area contributed by atoms with Gasteiger partial charge >= 0.3 is 0 Å².